The predicted octanol–water partition coefficient (Wildman–Crippen LogP) is 1.67. The molecule has 0 radical (unpaired) electrons. The minimum Gasteiger partial charge on any atom is -0.394 e. The van der Waals surface area contributed by atoms with Crippen LogP contribution in [0.5, 0.6) is 0 Å². The zero-order valence-electron chi connectivity index (χ0n) is 9.60. The molecule has 1 heterocycles. The Labute approximate surface area is 96.9 Å². The Morgan fingerprint density at radius 3 is 2.31 bits per heavy atom. The molecular weight excluding hydrogens is 200 g/mol. The van der Waals surface area contributed by atoms with Gasteiger partial charge < -0.3 is 15.7 Å². The van der Waals surface area contributed by atoms with E-state index < -0.39 is 0 Å². The van der Waals surface area contributed by atoms with E-state index in [1.165, 1.54) is 24.9 Å². The fourth-order valence-electron chi connectivity index (χ4n) is 2.19. The summed E-state index contributed by atoms with van der Waals surface area (Å²) < 4.78 is 0. The van der Waals surface area contributed by atoms with Gasteiger partial charge in [0.2, 0.25) is 0 Å². The number of aliphatic hydroxyl groups excluding tert-OH is 1. The quantitative estimate of drug-likeness (QED) is 0.814. The molecule has 16 heavy (non-hydrogen) atoms. The third-order valence-corrected chi connectivity index (χ3v) is 3.24. The van der Waals surface area contributed by atoms with E-state index in [-0.39, 0.29) is 12.6 Å². The van der Waals surface area contributed by atoms with Gasteiger partial charge in [0.25, 0.3) is 0 Å². The first-order chi connectivity index (χ1) is 7.81. The maximum absolute atomic E-state index is 8.97. The SMILES string of the molecule is N[C@H](CO)c1ccc(N2CCCCC2)cc1. The molecule has 1 fully saturated rings. The highest BCUT2D eigenvalue weighted by molar-refractivity contribution is 5.48. The minimum atomic E-state index is -0.254. The second-order valence-electron chi connectivity index (χ2n) is 4.43. The average Bonchev–Trinajstić information content (AvgIpc) is 2.39. The van der Waals surface area contributed by atoms with Gasteiger partial charge in [0.1, 0.15) is 0 Å². The molecule has 1 saturated heterocycles. The third kappa shape index (κ3) is 2.54. The molecule has 88 valence electrons. The highest BCUT2D eigenvalue weighted by atomic mass is 16.3. The van der Waals surface area contributed by atoms with Crippen LogP contribution >= 0.6 is 0 Å². The topological polar surface area (TPSA) is 49.5 Å². The van der Waals surface area contributed by atoms with E-state index in [1.54, 1.807) is 0 Å². The van der Waals surface area contributed by atoms with Crippen LogP contribution in [0.15, 0.2) is 24.3 Å². The van der Waals surface area contributed by atoms with Crippen LogP contribution in [0.4, 0.5) is 5.69 Å². The summed E-state index contributed by atoms with van der Waals surface area (Å²) in [6.45, 7) is 2.32. The van der Waals surface area contributed by atoms with Crippen LogP contribution in [0, 0.1) is 0 Å². The highest BCUT2D eigenvalue weighted by Crippen LogP contribution is 2.21. The lowest BCUT2D eigenvalue weighted by atomic mass is 10.1. The molecule has 1 atom stereocenters. The summed E-state index contributed by atoms with van der Waals surface area (Å²) in [5.74, 6) is 0. The molecular formula is C13H20N2O. The first kappa shape index (κ1) is 11.4. The second kappa shape index (κ2) is 5.32. The summed E-state index contributed by atoms with van der Waals surface area (Å²) in [6, 6.07) is 8.00. The molecule has 0 spiro atoms. The number of nitrogens with zero attached hydrogens (tertiary/aromatic N) is 1. The van der Waals surface area contributed by atoms with Gasteiger partial charge in [0.15, 0.2) is 0 Å². The molecule has 3 nitrogen and oxygen atoms in total. The van der Waals surface area contributed by atoms with Gasteiger partial charge in [-0.25, -0.2) is 0 Å². The molecule has 2 rings (SSSR count). The van der Waals surface area contributed by atoms with Crippen LogP contribution < -0.4 is 10.6 Å². The third-order valence-electron chi connectivity index (χ3n) is 3.24. The van der Waals surface area contributed by atoms with Crippen LogP contribution in [0.1, 0.15) is 30.9 Å². The van der Waals surface area contributed by atoms with Crippen LogP contribution in [0.25, 0.3) is 0 Å². The Morgan fingerprint density at radius 1 is 1.12 bits per heavy atom. The number of hydrogen-bond donors (Lipinski definition) is 2. The van der Waals surface area contributed by atoms with Crippen LogP contribution in [-0.4, -0.2) is 24.8 Å². The zero-order valence-corrected chi connectivity index (χ0v) is 9.60. The number of piperidine rings is 1. The standard InChI is InChI=1S/C13H20N2O/c14-13(10-16)11-4-6-12(7-5-11)15-8-2-1-3-9-15/h4-7,13,16H,1-3,8-10,14H2/t13-/m1/s1. The Balaban J connectivity index is 2.06. The van der Waals surface area contributed by atoms with Crippen molar-refractivity contribution in [3.63, 3.8) is 0 Å². The summed E-state index contributed by atoms with van der Waals surface area (Å²) >= 11 is 0. The lowest BCUT2D eigenvalue weighted by molar-refractivity contribution is 0.268. The summed E-state index contributed by atoms with van der Waals surface area (Å²) in [5, 5.41) is 8.97. The van der Waals surface area contributed by atoms with Gasteiger partial charge in [-0.05, 0) is 37.0 Å². The van der Waals surface area contributed by atoms with Crippen molar-refractivity contribution in [2.45, 2.75) is 25.3 Å². The molecule has 3 heteroatoms. The van der Waals surface area contributed by atoms with Crippen molar-refractivity contribution in [2.24, 2.45) is 5.73 Å². The average molecular weight is 220 g/mol. The lowest BCUT2D eigenvalue weighted by Gasteiger charge is -2.29. The molecule has 1 aromatic rings. The normalized spacial score (nSPS) is 18.5. The molecule has 1 aromatic carbocycles. The molecule has 1 aliphatic rings. The van der Waals surface area contributed by atoms with E-state index in [0.717, 1.165) is 18.7 Å². The largest absolute Gasteiger partial charge is 0.394 e. The van der Waals surface area contributed by atoms with Crippen molar-refractivity contribution < 1.29 is 5.11 Å². The van der Waals surface area contributed by atoms with Gasteiger partial charge >= 0.3 is 0 Å². The number of rotatable bonds is 3. The van der Waals surface area contributed by atoms with Crippen molar-refractivity contribution in [1.29, 1.82) is 0 Å². The maximum atomic E-state index is 8.97. The summed E-state index contributed by atoms with van der Waals surface area (Å²) in [5.41, 5.74) is 8.03. The number of hydrogen-bond acceptors (Lipinski definition) is 3. The van der Waals surface area contributed by atoms with Crippen molar-refractivity contribution in [3.8, 4) is 0 Å². The van der Waals surface area contributed by atoms with E-state index in [0.29, 0.717) is 0 Å². The van der Waals surface area contributed by atoms with Crippen molar-refractivity contribution in [3.05, 3.63) is 29.8 Å². The van der Waals surface area contributed by atoms with Crippen LogP contribution in [0.2, 0.25) is 0 Å². The van der Waals surface area contributed by atoms with Gasteiger partial charge in [0.05, 0.1) is 12.6 Å². The first-order valence-electron chi connectivity index (χ1n) is 6.02. The number of benzene rings is 1. The van der Waals surface area contributed by atoms with Crippen LogP contribution in [-0.2, 0) is 0 Å². The molecule has 0 unspecified atom stereocenters. The monoisotopic (exact) mass is 220 g/mol. The zero-order chi connectivity index (χ0) is 11.4. The molecule has 0 aromatic heterocycles. The smallest absolute Gasteiger partial charge is 0.0624 e. The van der Waals surface area contributed by atoms with E-state index in [4.69, 9.17) is 10.8 Å². The van der Waals surface area contributed by atoms with Crippen molar-refractivity contribution in [2.75, 3.05) is 24.6 Å². The Kier molecular flexibility index (Phi) is 3.80. The Morgan fingerprint density at radius 2 is 1.75 bits per heavy atom. The van der Waals surface area contributed by atoms with Gasteiger partial charge in [-0.15, -0.1) is 0 Å². The van der Waals surface area contributed by atoms with Crippen molar-refractivity contribution >= 4 is 5.69 Å². The molecule has 3 N–H and O–H groups in total. The van der Waals surface area contributed by atoms with Crippen LogP contribution in [0.3, 0.4) is 0 Å². The Hall–Kier alpha value is -1.06. The first-order valence-corrected chi connectivity index (χ1v) is 6.02. The minimum absolute atomic E-state index is 0.00304. The summed E-state index contributed by atoms with van der Waals surface area (Å²) in [6.07, 6.45) is 3.93. The van der Waals surface area contributed by atoms with E-state index >= 15 is 0 Å². The lowest BCUT2D eigenvalue weighted by Crippen LogP contribution is -2.29. The maximum Gasteiger partial charge on any atom is 0.0624 e. The molecule has 0 saturated carbocycles. The van der Waals surface area contributed by atoms with E-state index in [9.17, 15) is 0 Å². The second-order valence-corrected chi connectivity index (χ2v) is 4.43. The molecule has 1 aliphatic heterocycles. The molecule has 0 aliphatic carbocycles. The van der Waals surface area contributed by atoms with Gasteiger partial charge in [-0.3, -0.25) is 0 Å². The van der Waals surface area contributed by atoms with Gasteiger partial charge in [-0.2, -0.15) is 0 Å². The number of anilines is 1. The fourth-order valence-corrected chi connectivity index (χ4v) is 2.19. The van der Waals surface area contributed by atoms with Gasteiger partial charge in [-0.1, -0.05) is 12.1 Å². The predicted molar refractivity (Wildman–Crippen MR) is 66.5 cm³/mol. The van der Waals surface area contributed by atoms with Crippen molar-refractivity contribution in [1.82, 2.24) is 0 Å². The molecule has 0 amide bonds. The Bertz CT molecular complexity index is 317. The highest BCUT2D eigenvalue weighted by Gasteiger charge is 2.11. The van der Waals surface area contributed by atoms with E-state index in [2.05, 4.69) is 17.0 Å². The number of aliphatic hydroxyl groups is 1. The fraction of sp³-hybridized carbons (Fsp3) is 0.538. The summed E-state index contributed by atoms with van der Waals surface area (Å²) in [7, 11) is 0. The summed E-state index contributed by atoms with van der Waals surface area (Å²) in [4.78, 5) is 2.41. The van der Waals surface area contributed by atoms with E-state index in [1.807, 2.05) is 12.1 Å². The van der Waals surface area contributed by atoms with Gasteiger partial charge in [0, 0.05) is 18.8 Å². The number of nitrogens with two attached hydrogens (primary N) is 1. The molecule has 0 bridgehead atoms.